The normalized spacial score (nSPS) is 10.9. The summed E-state index contributed by atoms with van der Waals surface area (Å²) in [5.41, 5.74) is 2.54. The third-order valence-corrected chi connectivity index (χ3v) is 4.49. The van der Waals surface area contributed by atoms with E-state index in [2.05, 4.69) is 15.0 Å². The molecular weight excluding hydrogens is 356 g/mol. The van der Waals surface area contributed by atoms with Crippen LogP contribution in [0.5, 0.6) is 0 Å². The number of aromatic nitrogens is 4. The Morgan fingerprint density at radius 1 is 1.11 bits per heavy atom. The van der Waals surface area contributed by atoms with Crippen molar-refractivity contribution in [3.63, 3.8) is 0 Å². The predicted octanol–water partition coefficient (Wildman–Crippen LogP) is 2.09. The van der Waals surface area contributed by atoms with Crippen molar-refractivity contribution in [3.8, 4) is 0 Å². The average Bonchev–Trinajstić information content (AvgIpc) is 2.62. The van der Waals surface area contributed by atoms with Gasteiger partial charge in [0.2, 0.25) is 5.78 Å². The molecule has 0 aliphatic rings. The monoisotopic (exact) mass is 378 g/mol. The van der Waals surface area contributed by atoms with Crippen molar-refractivity contribution in [3.05, 3.63) is 90.8 Å². The largest absolute Gasteiger partial charge is 0.329 e. The zero-order valence-electron chi connectivity index (χ0n) is 16.4. The summed E-state index contributed by atoms with van der Waals surface area (Å²) in [5.74, 6) is -0.445. The summed E-state index contributed by atoms with van der Waals surface area (Å²) in [7, 11) is 0. The quantitative estimate of drug-likeness (QED) is 0.686. The van der Waals surface area contributed by atoms with E-state index in [0.29, 0.717) is 17.8 Å². The van der Waals surface area contributed by atoms with Gasteiger partial charge in [-0.15, -0.1) is 0 Å². The number of rotatable bonds is 5. The van der Waals surface area contributed by atoms with Crippen molar-refractivity contribution >= 4 is 5.78 Å². The van der Waals surface area contributed by atoms with E-state index < -0.39 is 17.0 Å². The SMILES string of the molecule is CCc1c(C(=O)c2cc(C)cc(C)n2)n(Cc2cc(C)ccn2)c(=O)[nH]c1=O. The Hall–Kier alpha value is -3.35. The Labute approximate surface area is 162 Å². The van der Waals surface area contributed by atoms with Gasteiger partial charge in [0.25, 0.3) is 5.56 Å². The molecule has 1 N–H and O–H groups in total. The number of hydrogen-bond acceptors (Lipinski definition) is 5. The average molecular weight is 378 g/mol. The Morgan fingerprint density at radius 3 is 2.50 bits per heavy atom. The fourth-order valence-corrected chi connectivity index (χ4v) is 3.28. The van der Waals surface area contributed by atoms with Gasteiger partial charge in [-0.05, 0) is 62.6 Å². The van der Waals surface area contributed by atoms with E-state index in [1.165, 1.54) is 4.57 Å². The van der Waals surface area contributed by atoms with E-state index in [9.17, 15) is 14.4 Å². The van der Waals surface area contributed by atoms with Gasteiger partial charge in [-0.3, -0.25) is 24.1 Å². The van der Waals surface area contributed by atoms with E-state index in [1.807, 2.05) is 32.0 Å². The van der Waals surface area contributed by atoms with Gasteiger partial charge in [0.05, 0.1) is 12.2 Å². The van der Waals surface area contributed by atoms with Crippen LogP contribution in [-0.4, -0.2) is 25.3 Å². The van der Waals surface area contributed by atoms with Crippen LogP contribution in [0.4, 0.5) is 0 Å². The highest BCUT2D eigenvalue weighted by Crippen LogP contribution is 2.14. The molecule has 3 aromatic rings. The van der Waals surface area contributed by atoms with Gasteiger partial charge in [-0.25, -0.2) is 9.78 Å². The standard InChI is InChI=1S/C21H22N4O3/c1-5-16-18(19(26)17-10-13(3)8-14(4)23-17)25(21(28)24-20(16)27)11-15-9-12(2)6-7-22-15/h6-10H,5,11H2,1-4H3,(H,24,27,28). The van der Waals surface area contributed by atoms with Gasteiger partial charge >= 0.3 is 5.69 Å². The third-order valence-electron chi connectivity index (χ3n) is 4.49. The molecule has 0 aromatic carbocycles. The van der Waals surface area contributed by atoms with Crippen molar-refractivity contribution in [2.75, 3.05) is 0 Å². The molecule has 0 spiro atoms. The number of aryl methyl sites for hydroxylation is 3. The highest BCUT2D eigenvalue weighted by Gasteiger charge is 2.23. The zero-order chi connectivity index (χ0) is 20.4. The van der Waals surface area contributed by atoms with Gasteiger partial charge in [0.15, 0.2) is 0 Å². The van der Waals surface area contributed by atoms with E-state index in [0.717, 1.165) is 11.1 Å². The molecular formula is C21H22N4O3. The second-order valence-corrected chi connectivity index (χ2v) is 6.85. The molecule has 0 amide bonds. The summed E-state index contributed by atoms with van der Waals surface area (Å²) in [6, 6.07) is 7.21. The van der Waals surface area contributed by atoms with E-state index >= 15 is 0 Å². The number of hydrogen-bond donors (Lipinski definition) is 1. The van der Waals surface area contributed by atoms with Crippen LogP contribution in [0, 0.1) is 20.8 Å². The maximum absolute atomic E-state index is 13.3. The second-order valence-electron chi connectivity index (χ2n) is 6.85. The lowest BCUT2D eigenvalue weighted by Crippen LogP contribution is -2.38. The lowest BCUT2D eigenvalue weighted by atomic mass is 10.0. The summed E-state index contributed by atoms with van der Waals surface area (Å²) in [4.78, 5) is 49.2. The third kappa shape index (κ3) is 3.83. The number of H-pyrrole nitrogens is 1. The van der Waals surface area contributed by atoms with Crippen LogP contribution in [0.25, 0.3) is 0 Å². The maximum Gasteiger partial charge on any atom is 0.329 e. The van der Waals surface area contributed by atoms with E-state index in [-0.39, 0.29) is 23.5 Å². The molecule has 0 bridgehead atoms. The molecule has 7 nitrogen and oxygen atoms in total. The van der Waals surface area contributed by atoms with Crippen LogP contribution >= 0.6 is 0 Å². The molecule has 0 unspecified atom stereocenters. The first-order chi connectivity index (χ1) is 13.3. The van der Waals surface area contributed by atoms with Crippen molar-refractivity contribution < 1.29 is 4.79 Å². The van der Waals surface area contributed by atoms with Gasteiger partial charge in [-0.2, -0.15) is 0 Å². The summed E-state index contributed by atoms with van der Waals surface area (Å²) >= 11 is 0. The lowest BCUT2D eigenvalue weighted by molar-refractivity contribution is 0.102. The lowest BCUT2D eigenvalue weighted by Gasteiger charge is -2.15. The molecule has 3 heterocycles. The van der Waals surface area contributed by atoms with Gasteiger partial charge < -0.3 is 0 Å². The highest BCUT2D eigenvalue weighted by atomic mass is 16.2. The van der Waals surface area contributed by atoms with Crippen LogP contribution in [0.2, 0.25) is 0 Å². The number of carbonyl (C=O) groups is 1. The molecule has 0 fully saturated rings. The first-order valence-corrected chi connectivity index (χ1v) is 9.07. The number of pyridine rings is 2. The second kappa shape index (κ2) is 7.72. The Kier molecular flexibility index (Phi) is 5.35. The summed E-state index contributed by atoms with van der Waals surface area (Å²) in [6.07, 6.45) is 1.96. The van der Waals surface area contributed by atoms with Crippen LogP contribution in [0.1, 0.15) is 51.2 Å². The molecule has 28 heavy (non-hydrogen) atoms. The fraction of sp³-hybridized carbons (Fsp3) is 0.286. The fourth-order valence-electron chi connectivity index (χ4n) is 3.28. The highest BCUT2D eigenvalue weighted by molar-refractivity contribution is 6.07. The minimum Gasteiger partial charge on any atom is -0.285 e. The van der Waals surface area contributed by atoms with Crippen LogP contribution in [-0.2, 0) is 13.0 Å². The summed E-state index contributed by atoms with van der Waals surface area (Å²) in [6.45, 7) is 7.44. The topological polar surface area (TPSA) is 97.7 Å². The molecule has 0 aliphatic carbocycles. The van der Waals surface area contributed by atoms with Crippen molar-refractivity contribution in [1.29, 1.82) is 0 Å². The van der Waals surface area contributed by atoms with Crippen molar-refractivity contribution in [2.45, 2.75) is 40.7 Å². The first-order valence-electron chi connectivity index (χ1n) is 9.07. The zero-order valence-corrected chi connectivity index (χ0v) is 16.4. The molecule has 7 heteroatoms. The molecule has 0 radical (unpaired) electrons. The Balaban J connectivity index is 2.24. The molecule has 0 saturated heterocycles. The molecule has 3 aromatic heterocycles. The summed E-state index contributed by atoms with van der Waals surface area (Å²) in [5, 5.41) is 0. The number of aromatic amines is 1. The van der Waals surface area contributed by atoms with Gasteiger partial charge in [-0.1, -0.05) is 6.92 Å². The smallest absolute Gasteiger partial charge is 0.285 e. The van der Waals surface area contributed by atoms with Gasteiger partial charge in [0, 0.05) is 17.5 Å². The van der Waals surface area contributed by atoms with Crippen molar-refractivity contribution in [1.82, 2.24) is 19.5 Å². The predicted molar refractivity (Wildman–Crippen MR) is 106 cm³/mol. The van der Waals surface area contributed by atoms with Crippen LogP contribution < -0.4 is 11.2 Å². The summed E-state index contributed by atoms with van der Waals surface area (Å²) < 4.78 is 1.28. The van der Waals surface area contributed by atoms with E-state index in [1.54, 1.807) is 26.1 Å². The van der Waals surface area contributed by atoms with Crippen LogP contribution in [0.3, 0.4) is 0 Å². The van der Waals surface area contributed by atoms with Gasteiger partial charge in [0.1, 0.15) is 11.4 Å². The molecule has 0 saturated carbocycles. The molecule has 3 rings (SSSR count). The maximum atomic E-state index is 13.3. The number of carbonyl (C=O) groups excluding carboxylic acids is 1. The number of nitrogens with one attached hydrogen (secondary N) is 1. The van der Waals surface area contributed by atoms with E-state index in [4.69, 9.17) is 0 Å². The number of ketones is 1. The number of nitrogens with zero attached hydrogens (tertiary/aromatic N) is 3. The van der Waals surface area contributed by atoms with Crippen LogP contribution in [0.15, 0.2) is 40.1 Å². The minimum atomic E-state index is -0.641. The van der Waals surface area contributed by atoms with Crippen molar-refractivity contribution in [2.24, 2.45) is 0 Å². The molecule has 144 valence electrons. The Morgan fingerprint density at radius 2 is 1.86 bits per heavy atom. The molecule has 0 atom stereocenters. The first kappa shape index (κ1) is 19.4. The Bertz CT molecular complexity index is 1150. The molecule has 0 aliphatic heterocycles. The minimum absolute atomic E-state index is 0.0667.